The number of fused-ring (bicyclic) bond motifs is 2. The second-order valence-corrected chi connectivity index (χ2v) is 8.06. The van der Waals surface area contributed by atoms with Gasteiger partial charge in [0.1, 0.15) is 0 Å². The summed E-state index contributed by atoms with van der Waals surface area (Å²) < 4.78 is 0. The molecule has 1 aromatic rings. The second kappa shape index (κ2) is 6.14. The van der Waals surface area contributed by atoms with Crippen LogP contribution in [0.15, 0.2) is 18.2 Å². The molecule has 2 aliphatic rings. The van der Waals surface area contributed by atoms with Gasteiger partial charge in [0, 0.05) is 23.1 Å². The van der Waals surface area contributed by atoms with Gasteiger partial charge >= 0.3 is 0 Å². The average Bonchev–Trinajstić information content (AvgIpc) is 2.88. The van der Waals surface area contributed by atoms with E-state index in [4.69, 9.17) is 23.2 Å². The number of benzene rings is 1. The molecule has 1 unspecified atom stereocenters. The van der Waals surface area contributed by atoms with Gasteiger partial charge in [-0.2, -0.15) is 0 Å². The highest BCUT2D eigenvalue weighted by atomic mass is 35.5. The highest BCUT2D eigenvalue weighted by Gasteiger charge is 2.51. The molecule has 2 aliphatic heterocycles. The van der Waals surface area contributed by atoms with Gasteiger partial charge in [0.2, 0.25) is 0 Å². The van der Waals surface area contributed by atoms with Crippen LogP contribution in [0.3, 0.4) is 0 Å². The Labute approximate surface area is 142 Å². The lowest BCUT2D eigenvalue weighted by atomic mass is 9.65. The van der Waals surface area contributed by atoms with Crippen molar-refractivity contribution < 1.29 is 4.79 Å². The summed E-state index contributed by atoms with van der Waals surface area (Å²) >= 11 is 12.1. The maximum atomic E-state index is 13.4. The van der Waals surface area contributed by atoms with Crippen LogP contribution in [-0.2, 0) is 0 Å². The minimum absolute atomic E-state index is 0.234. The Hall–Kier alpha value is -0.570. The Morgan fingerprint density at radius 2 is 2.05 bits per heavy atom. The number of hydrogen-bond acceptors (Lipinski definition) is 2. The fraction of sp³-hybridized carbons (Fsp3) is 0.611. The molecule has 22 heavy (non-hydrogen) atoms. The predicted octanol–water partition coefficient (Wildman–Crippen LogP) is 5.12. The molecule has 0 saturated carbocycles. The van der Waals surface area contributed by atoms with Gasteiger partial charge in [-0.25, -0.2) is 0 Å². The van der Waals surface area contributed by atoms with Crippen LogP contribution in [0.4, 0.5) is 0 Å². The molecule has 2 saturated heterocycles. The zero-order chi connectivity index (χ0) is 15.9. The van der Waals surface area contributed by atoms with Crippen LogP contribution >= 0.6 is 23.2 Å². The minimum atomic E-state index is -0.293. The maximum absolute atomic E-state index is 13.4. The number of piperidine rings is 1. The molecule has 0 radical (unpaired) electrons. The number of ketones is 1. The van der Waals surface area contributed by atoms with E-state index in [9.17, 15) is 4.79 Å². The zero-order valence-electron chi connectivity index (χ0n) is 13.2. The standard InChI is InChI=1S/C18H23Cl2NO/c1-11(2)10-18(8-7-13-4-6-16(18)21-13)17(22)12-3-5-14(19)15(20)9-12/h3,5,9,11,13,16,21H,4,6-8,10H2,1-2H3/t13?,16-,18+/m1/s1. The molecule has 2 fully saturated rings. The Bertz CT molecular complexity index is 586. The number of rotatable bonds is 4. The smallest absolute Gasteiger partial charge is 0.170 e. The van der Waals surface area contributed by atoms with Crippen molar-refractivity contribution in [3.63, 3.8) is 0 Å². The molecule has 0 aromatic heterocycles. The molecule has 3 rings (SSSR count). The van der Waals surface area contributed by atoms with E-state index in [2.05, 4.69) is 19.2 Å². The first-order valence-electron chi connectivity index (χ1n) is 8.18. The molecule has 2 nitrogen and oxygen atoms in total. The van der Waals surface area contributed by atoms with Crippen LogP contribution in [0.25, 0.3) is 0 Å². The summed E-state index contributed by atoms with van der Waals surface area (Å²) in [4.78, 5) is 13.4. The van der Waals surface area contributed by atoms with Gasteiger partial charge < -0.3 is 5.32 Å². The third kappa shape index (κ3) is 2.81. The van der Waals surface area contributed by atoms with Crippen LogP contribution in [0.1, 0.15) is 56.3 Å². The molecular formula is C18H23Cl2NO. The Balaban J connectivity index is 1.98. The third-order valence-electron chi connectivity index (χ3n) is 5.25. The van der Waals surface area contributed by atoms with Gasteiger partial charge in [-0.15, -0.1) is 0 Å². The van der Waals surface area contributed by atoms with Gasteiger partial charge in [-0.3, -0.25) is 4.79 Å². The molecule has 1 aromatic carbocycles. The van der Waals surface area contributed by atoms with Crippen molar-refractivity contribution in [2.45, 2.75) is 58.0 Å². The fourth-order valence-electron chi connectivity index (χ4n) is 4.35. The number of carbonyl (C=O) groups is 1. The second-order valence-electron chi connectivity index (χ2n) is 7.24. The predicted molar refractivity (Wildman–Crippen MR) is 91.9 cm³/mol. The van der Waals surface area contributed by atoms with Gasteiger partial charge in [0.25, 0.3) is 0 Å². The van der Waals surface area contributed by atoms with Gasteiger partial charge in [-0.1, -0.05) is 37.0 Å². The highest BCUT2D eigenvalue weighted by molar-refractivity contribution is 6.42. The maximum Gasteiger partial charge on any atom is 0.170 e. The first-order chi connectivity index (χ1) is 10.4. The number of hydrogen-bond donors (Lipinski definition) is 1. The first-order valence-corrected chi connectivity index (χ1v) is 8.94. The number of carbonyl (C=O) groups excluding carboxylic acids is 1. The van der Waals surface area contributed by atoms with E-state index in [0.717, 1.165) is 25.7 Å². The zero-order valence-corrected chi connectivity index (χ0v) is 14.7. The van der Waals surface area contributed by atoms with Crippen molar-refractivity contribution in [1.29, 1.82) is 0 Å². The lowest BCUT2D eigenvalue weighted by molar-refractivity contribution is 0.0578. The fourth-order valence-corrected chi connectivity index (χ4v) is 4.65. The Morgan fingerprint density at radius 1 is 1.27 bits per heavy atom. The van der Waals surface area contributed by atoms with Crippen LogP contribution < -0.4 is 5.32 Å². The summed E-state index contributed by atoms with van der Waals surface area (Å²) in [6.45, 7) is 4.40. The monoisotopic (exact) mass is 339 g/mol. The first kappa shape index (κ1) is 16.3. The van der Waals surface area contributed by atoms with Crippen molar-refractivity contribution in [3.8, 4) is 0 Å². The van der Waals surface area contributed by atoms with Gasteiger partial charge in [0.05, 0.1) is 10.0 Å². The quantitative estimate of drug-likeness (QED) is 0.771. The summed E-state index contributed by atoms with van der Waals surface area (Å²) in [7, 11) is 0. The summed E-state index contributed by atoms with van der Waals surface area (Å²) in [6, 6.07) is 6.19. The highest BCUT2D eigenvalue weighted by Crippen LogP contribution is 2.47. The van der Waals surface area contributed by atoms with Gasteiger partial charge in [-0.05, 0) is 56.2 Å². The van der Waals surface area contributed by atoms with Crippen LogP contribution in [-0.4, -0.2) is 17.9 Å². The van der Waals surface area contributed by atoms with Gasteiger partial charge in [0.15, 0.2) is 5.78 Å². The third-order valence-corrected chi connectivity index (χ3v) is 5.99. The molecule has 3 atom stereocenters. The molecule has 0 amide bonds. The van der Waals surface area contributed by atoms with E-state index < -0.39 is 0 Å². The van der Waals surface area contributed by atoms with Crippen LogP contribution in [0, 0.1) is 11.3 Å². The molecule has 1 N–H and O–H groups in total. The van der Waals surface area contributed by atoms with Crippen molar-refractivity contribution in [1.82, 2.24) is 5.32 Å². The van der Waals surface area contributed by atoms with E-state index in [0.29, 0.717) is 33.6 Å². The lowest BCUT2D eigenvalue weighted by Crippen LogP contribution is -2.53. The van der Waals surface area contributed by atoms with E-state index in [1.54, 1.807) is 12.1 Å². The topological polar surface area (TPSA) is 29.1 Å². The van der Waals surface area contributed by atoms with Crippen LogP contribution in [0.2, 0.25) is 10.0 Å². The molecule has 2 heterocycles. The van der Waals surface area contributed by atoms with Crippen molar-refractivity contribution >= 4 is 29.0 Å². The normalized spacial score (nSPS) is 30.8. The van der Waals surface area contributed by atoms with E-state index in [1.807, 2.05) is 6.07 Å². The van der Waals surface area contributed by atoms with E-state index in [-0.39, 0.29) is 11.2 Å². The van der Waals surface area contributed by atoms with Crippen molar-refractivity contribution in [3.05, 3.63) is 33.8 Å². The lowest BCUT2D eigenvalue weighted by Gasteiger charge is -2.43. The van der Waals surface area contributed by atoms with Crippen molar-refractivity contribution in [2.75, 3.05) is 0 Å². The van der Waals surface area contributed by atoms with E-state index in [1.165, 1.54) is 6.42 Å². The minimum Gasteiger partial charge on any atom is -0.310 e. The molecule has 2 bridgehead atoms. The SMILES string of the molecule is CC(C)C[C@@]1(C(=O)c2ccc(Cl)c(Cl)c2)CCC2CC[C@H]1N2. The summed E-state index contributed by atoms with van der Waals surface area (Å²) in [6.07, 6.45) is 5.29. The summed E-state index contributed by atoms with van der Waals surface area (Å²) in [5, 5.41) is 4.64. The number of Topliss-reactive ketones (excluding diaryl/α,β-unsaturated/α-hetero) is 1. The molecule has 0 aliphatic carbocycles. The molecule has 0 spiro atoms. The molecular weight excluding hydrogens is 317 g/mol. The van der Waals surface area contributed by atoms with Crippen LogP contribution in [0.5, 0.6) is 0 Å². The molecule has 4 heteroatoms. The Kier molecular flexibility index (Phi) is 4.55. The molecule has 120 valence electrons. The van der Waals surface area contributed by atoms with Crippen molar-refractivity contribution in [2.24, 2.45) is 11.3 Å². The largest absolute Gasteiger partial charge is 0.310 e. The number of nitrogens with one attached hydrogen (secondary N) is 1. The Morgan fingerprint density at radius 3 is 2.73 bits per heavy atom. The average molecular weight is 340 g/mol. The number of halogens is 2. The summed E-state index contributed by atoms with van der Waals surface area (Å²) in [5.74, 6) is 0.725. The van der Waals surface area contributed by atoms with E-state index >= 15 is 0 Å². The summed E-state index contributed by atoms with van der Waals surface area (Å²) in [5.41, 5.74) is 0.403.